The number of halogens is 2. The van der Waals surface area contributed by atoms with Gasteiger partial charge in [0.05, 0.1) is 5.56 Å². The molecule has 2 rings (SSSR count). The number of hydrogen-bond acceptors (Lipinski definition) is 3. The van der Waals surface area contributed by atoms with Crippen LogP contribution < -0.4 is 0 Å². The average Bonchev–Trinajstić information content (AvgIpc) is 2.41. The van der Waals surface area contributed by atoms with Gasteiger partial charge in [-0.3, -0.25) is 9.59 Å². The van der Waals surface area contributed by atoms with Crippen LogP contribution in [0.3, 0.4) is 0 Å². The molecule has 5 heteroatoms. The molecule has 0 spiro atoms. The summed E-state index contributed by atoms with van der Waals surface area (Å²) >= 11 is 6.63. The third-order valence-corrected chi connectivity index (χ3v) is 3.77. The molecule has 0 bridgehead atoms. The molecule has 0 saturated carbocycles. The summed E-state index contributed by atoms with van der Waals surface area (Å²) in [5, 5.41) is 9.43. The average molecular weight is 384 g/mol. The molecule has 0 radical (unpaired) electrons. The number of rotatable bonds is 3. The van der Waals surface area contributed by atoms with E-state index in [1.807, 2.05) is 6.07 Å². The summed E-state index contributed by atoms with van der Waals surface area (Å²) in [5.74, 6) is -0.365. The summed E-state index contributed by atoms with van der Waals surface area (Å²) in [6.45, 7) is 0. The molecule has 2 aromatic rings. The molecule has 0 heterocycles. The predicted octanol–water partition coefficient (Wildman–Crippen LogP) is 3.96. The first-order valence-electron chi connectivity index (χ1n) is 5.31. The summed E-state index contributed by atoms with van der Waals surface area (Å²) in [5.41, 5.74) is 0.924. The third kappa shape index (κ3) is 2.93. The number of phenolic OH excluding ortho intramolecular Hbond substituents is 1. The van der Waals surface area contributed by atoms with Gasteiger partial charge in [0.25, 0.3) is 0 Å². The summed E-state index contributed by atoms with van der Waals surface area (Å²) in [7, 11) is 0. The molecule has 0 aliphatic rings. The maximum absolute atomic E-state index is 12.4. The number of benzene rings is 2. The molecule has 3 nitrogen and oxygen atoms in total. The zero-order valence-corrected chi connectivity index (χ0v) is 12.7. The number of carbonyl (C=O) groups excluding carboxylic acids is 2. The first-order chi connectivity index (χ1) is 9.02. The molecule has 0 unspecified atom stereocenters. The Balaban J connectivity index is 2.49. The molecule has 2 aromatic carbocycles. The van der Waals surface area contributed by atoms with Crippen molar-refractivity contribution in [1.29, 1.82) is 0 Å². The number of hydrogen-bond donors (Lipinski definition) is 1. The highest BCUT2D eigenvalue weighted by atomic mass is 79.9. The van der Waals surface area contributed by atoms with Crippen molar-refractivity contribution in [3.8, 4) is 5.75 Å². The molecule has 0 atom stereocenters. The number of phenols is 1. The highest BCUT2D eigenvalue weighted by Crippen LogP contribution is 2.25. The van der Waals surface area contributed by atoms with E-state index in [9.17, 15) is 14.7 Å². The summed E-state index contributed by atoms with van der Waals surface area (Å²) in [4.78, 5) is 23.1. The molecule has 0 amide bonds. The van der Waals surface area contributed by atoms with Gasteiger partial charge in [0.2, 0.25) is 0 Å². The van der Waals surface area contributed by atoms with Crippen molar-refractivity contribution in [2.75, 3.05) is 0 Å². The zero-order valence-electron chi connectivity index (χ0n) is 9.56. The maximum atomic E-state index is 12.4. The highest BCUT2D eigenvalue weighted by Gasteiger charge is 2.14. The number of aldehydes is 1. The third-order valence-electron chi connectivity index (χ3n) is 2.59. The van der Waals surface area contributed by atoms with Gasteiger partial charge in [0.15, 0.2) is 12.1 Å². The Labute approximate surface area is 126 Å². The number of aromatic hydroxyl groups is 1. The van der Waals surface area contributed by atoms with Crippen molar-refractivity contribution >= 4 is 43.9 Å². The van der Waals surface area contributed by atoms with E-state index >= 15 is 0 Å². The van der Waals surface area contributed by atoms with Crippen molar-refractivity contribution in [2.24, 2.45) is 0 Å². The molecule has 0 aromatic heterocycles. The fourth-order valence-corrected chi connectivity index (χ4v) is 2.40. The minimum atomic E-state index is -0.226. The first kappa shape index (κ1) is 14.0. The standard InChI is InChI=1S/C14H8Br2O3/c15-10-2-3-12(16)11(6-10)14(19)8-1-4-13(18)9(5-8)7-17/h1-7,18H. The van der Waals surface area contributed by atoms with Crippen LogP contribution in [-0.2, 0) is 0 Å². The topological polar surface area (TPSA) is 54.4 Å². The van der Waals surface area contributed by atoms with Gasteiger partial charge in [-0.05, 0) is 36.4 Å². The minimum absolute atomic E-state index is 0.0944. The van der Waals surface area contributed by atoms with Gasteiger partial charge >= 0.3 is 0 Å². The van der Waals surface area contributed by atoms with Crippen LogP contribution in [0.2, 0.25) is 0 Å². The Morgan fingerprint density at radius 2 is 1.84 bits per heavy atom. The lowest BCUT2D eigenvalue weighted by atomic mass is 10.0. The Hall–Kier alpha value is -1.46. The molecule has 19 heavy (non-hydrogen) atoms. The van der Waals surface area contributed by atoms with Crippen LogP contribution in [0.1, 0.15) is 26.3 Å². The van der Waals surface area contributed by atoms with E-state index < -0.39 is 0 Å². The van der Waals surface area contributed by atoms with E-state index in [1.54, 1.807) is 12.1 Å². The Morgan fingerprint density at radius 3 is 2.53 bits per heavy atom. The Morgan fingerprint density at radius 1 is 1.11 bits per heavy atom. The van der Waals surface area contributed by atoms with E-state index in [-0.39, 0.29) is 17.1 Å². The van der Waals surface area contributed by atoms with Crippen LogP contribution >= 0.6 is 31.9 Å². The lowest BCUT2D eigenvalue weighted by Crippen LogP contribution is -2.03. The monoisotopic (exact) mass is 382 g/mol. The normalized spacial score (nSPS) is 10.2. The first-order valence-corrected chi connectivity index (χ1v) is 6.89. The second-order valence-electron chi connectivity index (χ2n) is 3.84. The molecule has 0 saturated heterocycles. The second kappa shape index (κ2) is 5.67. The predicted molar refractivity (Wildman–Crippen MR) is 78.8 cm³/mol. The van der Waals surface area contributed by atoms with Gasteiger partial charge in [-0.25, -0.2) is 0 Å². The van der Waals surface area contributed by atoms with Crippen LogP contribution in [0.5, 0.6) is 5.75 Å². The van der Waals surface area contributed by atoms with E-state index in [0.29, 0.717) is 21.9 Å². The SMILES string of the molecule is O=Cc1cc(C(=O)c2cc(Br)ccc2Br)ccc1O. The Bertz CT molecular complexity index is 666. The van der Waals surface area contributed by atoms with Crippen LogP contribution in [-0.4, -0.2) is 17.2 Å². The molecular weight excluding hydrogens is 376 g/mol. The van der Waals surface area contributed by atoms with Crippen molar-refractivity contribution in [2.45, 2.75) is 0 Å². The molecule has 96 valence electrons. The van der Waals surface area contributed by atoms with Gasteiger partial charge in [0, 0.05) is 20.1 Å². The molecule has 0 aliphatic carbocycles. The van der Waals surface area contributed by atoms with Crippen molar-refractivity contribution in [1.82, 2.24) is 0 Å². The summed E-state index contributed by atoms with van der Waals surface area (Å²) in [6.07, 6.45) is 0.516. The van der Waals surface area contributed by atoms with Gasteiger partial charge in [-0.15, -0.1) is 0 Å². The van der Waals surface area contributed by atoms with Gasteiger partial charge in [0.1, 0.15) is 5.75 Å². The smallest absolute Gasteiger partial charge is 0.194 e. The van der Waals surface area contributed by atoms with Crippen LogP contribution in [0.25, 0.3) is 0 Å². The van der Waals surface area contributed by atoms with Crippen molar-refractivity contribution < 1.29 is 14.7 Å². The van der Waals surface area contributed by atoms with Crippen LogP contribution in [0, 0.1) is 0 Å². The zero-order chi connectivity index (χ0) is 14.0. The van der Waals surface area contributed by atoms with Crippen LogP contribution in [0.4, 0.5) is 0 Å². The van der Waals surface area contributed by atoms with Crippen molar-refractivity contribution in [3.63, 3.8) is 0 Å². The van der Waals surface area contributed by atoms with E-state index in [1.165, 1.54) is 18.2 Å². The van der Waals surface area contributed by atoms with Crippen LogP contribution in [0.15, 0.2) is 45.3 Å². The Kier molecular flexibility index (Phi) is 4.17. The van der Waals surface area contributed by atoms with E-state index in [0.717, 1.165) is 4.47 Å². The minimum Gasteiger partial charge on any atom is -0.507 e. The largest absolute Gasteiger partial charge is 0.507 e. The molecule has 0 fully saturated rings. The summed E-state index contributed by atoms with van der Waals surface area (Å²) < 4.78 is 1.45. The van der Waals surface area contributed by atoms with E-state index in [2.05, 4.69) is 31.9 Å². The molecule has 0 aliphatic heterocycles. The van der Waals surface area contributed by atoms with Gasteiger partial charge < -0.3 is 5.11 Å². The number of carbonyl (C=O) groups is 2. The highest BCUT2D eigenvalue weighted by molar-refractivity contribution is 9.11. The molecule has 1 N–H and O–H groups in total. The van der Waals surface area contributed by atoms with Gasteiger partial charge in [-0.1, -0.05) is 31.9 Å². The van der Waals surface area contributed by atoms with Crippen molar-refractivity contribution in [3.05, 3.63) is 62.0 Å². The van der Waals surface area contributed by atoms with Gasteiger partial charge in [-0.2, -0.15) is 0 Å². The quantitative estimate of drug-likeness (QED) is 0.644. The lowest BCUT2D eigenvalue weighted by Gasteiger charge is -2.06. The van der Waals surface area contributed by atoms with E-state index in [4.69, 9.17) is 0 Å². The molecular formula is C14H8Br2O3. The second-order valence-corrected chi connectivity index (χ2v) is 5.61. The fraction of sp³-hybridized carbons (Fsp3) is 0. The number of ketones is 1. The fourth-order valence-electron chi connectivity index (χ4n) is 1.62. The lowest BCUT2D eigenvalue weighted by molar-refractivity contribution is 0.103. The summed E-state index contributed by atoms with van der Waals surface area (Å²) in [6, 6.07) is 9.46. The maximum Gasteiger partial charge on any atom is 0.194 e.